The Balaban J connectivity index is 3.48. The van der Waals surface area contributed by atoms with Crippen LogP contribution in [0, 0.1) is 0 Å². The molecule has 0 fully saturated rings. The summed E-state index contributed by atoms with van der Waals surface area (Å²) in [4.78, 5) is 2.55. The molecule has 0 aliphatic rings. The van der Waals surface area contributed by atoms with Crippen LogP contribution >= 0.6 is 0 Å². The maximum atomic E-state index is 5.54. The van der Waals surface area contributed by atoms with Gasteiger partial charge in [0.25, 0.3) is 0 Å². The van der Waals surface area contributed by atoms with Crippen LogP contribution in [0.4, 0.5) is 0 Å². The molecular formula is C13H30N2. The second-order valence-corrected chi connectivity index (χ2v) is 4.69. The molecule has 0 rings (SSSR count). The van der Waals surface area contributed by atoms with Gasteiger partial charge in [-0.1, -0.05) is 32.6 Å². The molecule has 0 aliphatic heterocycles. The van der Waals surface area contributed by atoms with E-state index in [1.54, 1.807) is 0 Å². The van der Waals surface area contributed by atoms with E-state index in [1.165, 1.54) is 45.2 Å². The molecule has 0 spiro atoms. The Morgan fingerprint density at radius 3 is 2.07 bits per heavy atom. The second kappa shape index (κ2) is 10.4. The Morgan fingerprint density at radius 2 is 1.53 bits per heavy atom. The molecule has 0 aromatic heterocycles. The van der Waals surface area contributed by atoms with Gasteiger partial charge < -0.3 is 10.6 Å². The molecule has 0 aliphatic carbocycles. The zero-order chi connectivity index (χ0) is 11.5. The second-order valence-electron chi connectivity index (χ2n) is 4.69. The molecule has 0 saturated carbocycles. The van der Waals surface area contributed by atoms with Crippen molar-refractivity contribution >= 4 is 0 Å². The third kappa shape index (κ3) is 8.88. The highest BCUT2D eigenvalue weighted by Gasteiger charge is 2.07. The minimum atomic E-state index is 0.669. The summed E-state index contributed by atoms with van der Waals surface area (Å²) in [5.41, 5.74) is 5.54. The molecule has 0 heterocycles. The molecular weight excluding hydrogens is 184 g/mol. The van der Waals surface area contributed by atoms with Gasteiger partial charge in [-0.15, -0.1) is 0 Å². The fourth-order valence-electron chi connectivity index (χ4n) is 1.84. The van der Waals surface area contributed by atoms with E-state index in [-0.39, 0.29) is 0 Å². The first-order chi connectivity index (χ1) is 7.22. The van der Waals surface area contributed by atoms with E-state index in [2.05, 4.69) is 25.7 Å². The molecule has 0 aromatic carbocycles. The Kier molecular flexibility index (Phi) is 10.4. The number of hydrogen-bond acceptors (Lipinski definition) is 2. The number of nitrogens with zero attached hydrogens (tertiary/aromatic N) is 1. The third-order valence-corrected chi connectivity index (χ3v) is 2.93. The lowest BCUT2D eigenvalue weighted by Crippen LogP contribution is -2.33. The van der Waals surface area contributed by atoms with Gasteiger partial charge in [0.15, 0.2) is 0 Å². The zero-order valence-corrected chi connectivity index (χ0v) is 11.0. The van der Waals surface area contributed by atoms with Crippen molar-refractivity contribution < 1.29 is 0 Å². The Morgan fingerprint density at radius 1 is 0.933 bits per heavy atom. The van der Waals surface area contributed by atoms with Crippen LogP contribution in [0.5, 0.6) is 0 Å². The van der Waals surface area contributed by atoms with Gasteiger partial charge in [-0.2, -0.15) is 0 Å². The minimum Gasteiger partial charge on any atom is -0.330 e. The van der Waals surface area contributed by atoms with Crippen LogP contribution < -0.4 is 5.73 Å². The SMILES string of the molecule is CCCCCCCN(CCCN)C(C)C. The van der Waals surface area contributed by atoms with E-state index in [4.69, 9.17) is 5.73 Å². The Labute approximate surface area is 96.2 Å². The highest BCUT2D eigenvalue weighted by atomic mass is 15.1. The fraction of sp³-hybridized carbons (Fsp3) is 1.00. The highest BCUT2D eigenvalue weighted by Crippen LogP contribution is 2.06. The first kappa shape index (κ1) is 14.9. The van der Waals surface area contributed by atoms with Gasteiger partial charge in [0.2, 0.25) is 0 Å². The first-order valence-electron chi connectivity index (χ1n) is 6.66. The first-order valence-corrected chi connectivity index (χ1v) is 6.66. The molecule has 0 unspecified atom stereocenters. The van der Waals surface area contributed by atoms with Crippen molar-refractivity contribution in [3.8, 4) is 0 Å². The number of hydrogen-bond donors (Lipinski definition) is 1. The van der Waals surface area contributed by atoms with Crippen LogP contribution in [0.25, 0.3) is 0 Å². The molecule has 0 amide bonds. The van der Waals surface area contributed by atoms with Crippen LogP contribution in [-0.4, -0.2) is 30.6 Å². The average Bonchev–Trinajstić information content (AvgIpc) is 2.21. The molecule has 2 heteroatoms. The summed E-state index contributed by atoms with van der Waals surface area (Å²) in [6.45, 7) is 10.1. The molecule has 0 aromatic rings. The lowest BCUT2D eigenvalue weighted by Gasteiger charge is -2.26. The van der Waals surface area contributed by atoms with Crippen molar-refractivity contribution in [1.29, 1.82) is 0 Å². The summed E-state index contributed by atoms with van der Waals surface area (Å²) in [7, 11) is 0. The normalized spacial score (nSPS) is 11.6. The Hall–Kier alpha value is -0.0800. The van der Waals surface area contributed by atoms with Crippen LogP contribution in [0.3, 0.4) is 0 Å². The van der Waals surface area contributed by atoms with Crippen LogP contribution in [0.1, 0.15) is 59.3 Å². The van der Waals surface area contributed by atoms with E-state index < -0.39 is 0 Å². The predicted molar refractivity (Wildman–Crippen MR) is 69.1 cm³/mol. The zero-order valence-electron chi connectivity index (χ0n) is 11.0. The maximum absolute atomic E-state index is 5.54. The molecule has 0 saturated heterocycles. The van der Waals surface area contributed by atoms with E-state index >= 15 is 0 Å². The predicted octanol–water partition coefficient (Wildman–Crippen LogP) is 3.02. The smallest absolute Gasteiger partial charge is 0.00385 e. The van der Waals surface area contributed by atoms with Crippen molar-refractivity contribution in [2.75, 3.05) is 19.6 Å². The van der Waals surface area contributed by atoms with Crippen LogP contribution in [0.2, 0.25) is 0 Å². The van der Waals surface area contributed by atoms with E-state index in [1.807, 2.05) is 0 Å². The molecule has 0 atom stereocenters. The number of nitrogens with two attached hydrogens (primary N) is 1. The summed E-state index contributed by atoms with van der Waals surface area (Å²) in [6.07, 6.45) is 8.00. The molecule has 92 valence electrons. The quantitative estimate of drug-likeness (QED) is 0.566. The van der Waals surface area contributed by atoms with Crippen molar-refractivity contribution in [2.45, 2.75) is 65.3 Å². The number of unbranched alkanes of at least 4 members (excludes halogenated alkanes) is 4. The monoisotopic (exact) mass is 214 g/mol. The van der Waals surface area contributed by atoms with Gasteiger partial charge in [-0.25, -0.2) is 0 Å². The maximum Gasteiger partial charge on any atom is 0.00385 e. The van der Waals surface area contributed by atoms with Gasteiger partial charge >= 0.3 is 0 Å². The largest absolute Gasteiger partial charge is 0.330 e. The van der Waals surface area contributed by atoms with Gasteiger partial charge in [-0.3, -0.25) is 0 Å². The summed E-state index contributed by atoms with van der Waals surface area (Å²) < 4.78 is 0. The van der Waals surface area contributed by atoms with E-state index in [0.717, 1.165) is 13.0 Å². The summed E-state index contributed by atoms with van der Waals surface area (Å²) in [6, 6.07) is 0.669. The van der Waals surface area contributed by atoms with E-state index in [9.17, 15) is 0 Å². The molecule has 0 radical (unpaired) electrons. The lowest BCUT2D eigenvalue weighted by atomic mass is 10.1. The van der Waals surface area contributed by atoms with E-state index in [0.29, 0.717) is 6.04 Å². The number of rotatable bonds is 10. The summed E-state index contributed by atoms with van der Waals surface area (Å²) in [5.74, 6) is 0. The lowest BCUT2D eigenvalue weighted by molar-refractivity contribution is 0.215. The van der Waals surface area contributed by atoms with Crippen molar-refractivity contribution in [1.82, 2.24) is 4.90 Å². The molecule has 2 N–H and O–H groups in total. The standard InChI is InChI=1S/C13H30N2/c1-4-5-6-7-8-11-15(13(2)3)12-9-10-14/h13H,4-12,14H2,1-3H3. The molecule has 2 nitrogen and oxygen atoms in total. The van der Waals surface area contributed by atoms with Crippen molar-refractivity contribution in [3.63, 3.8) is 0 Å². The highest BCUT2D eigenvalue weighted by molar-refractivity contribution is 4.63. The van der Waals surface area contributed by atoms with Gasteiger partial charge in [0.1, 0.15) is 0 Å². The van der Waals surface area contributed by atoms with Crippen molar-refractivity contribution in [2.24, 2.45) is 5.73 Å². The fourth-order valence-corrected chi connectivity index (χ4v) is 1.84. The van der Waals surface area contributed by atoms with Crippen molar-refractivity contribution in [3.05, 3.63) is 0 Å². The topological polar surface area (TPSA) is 29.3 Å². The van der Waals surface area contributed by atoms with Gasteiger partial charge in [0.05, 0.1) is 0 Å². The van der Waals surface area contributed by atoms with Gasteiger partial charge in [-0.05, 0) is 46.3 Å². The minimum absolute atomic E-state index is 0.669. The Bertz CT molecular complexity index is 124. The summed E-state index contributed by atoms with van der Waals surface area (Å²) in [5, 5.41) is 0. The molecule has 0 bridgehead atoms. The third-order valence-electron chi connectivity index (χ3n) is 2.93. The van der Waals surface area contributed by atoms with Crippen LogP contribution in [0.15, 0.2) is 0 Å². The van der Waals surface area contributed by atoms with Gasteiger partial charge in [0, 0.05) is 6.04 Å². The average molecular weight is 214 g/mol. The summed E-state index contributed by atoms with van der Waals surface area (Å²) >= 11 is 0. The van der Waals surface area contributed by atoms with Crippen LogP contribution in [-0.2, 0) is 0 Å². The molecule has 15 heavy (non-hydrogen) atoms.